The maximum Gasteiger partial charge on any atom is 0.0497 e. The van der Waals surface area contributed by atoms with Crippen LogP contribution in [0.4, 0.5) is 0 Å². The van der Waals surface area contributed by atoms with Crippen LogP contribution in [-0.4, -0.2) is 49.1 Å². The fourth-order valence-corrected chi connectivity index (χ4v) is 3.50. The summed E-state index contributed by atoms with van der Waals surface area (Å²) in [6.45, 7) is 4.39. The van der Waals surface area contributed by atoms with E-state index < -0.39 is 0 Å². The molecule has 2 N–H and O–H groups in total. The van der Waals surface area contributed by atoms with E-state index in [0.717, 1.165) is 11.6 Å². The molecule has 0 spiro atoms. The number of benzene rings is 1. The van der Waals surface area contributed by atoms with Gasteiger partial charge in [0, 0.05) is 29.7 Å². The van der Waals surface area contributed by atoms with Crippen LogP contribution < -0.4 is 5.73 Å². The maximum atomic E-state index is 6.26. The van der Waals surface area contributed by atoms with Gasteiger partial charge >= 0.3 is 0 Å². The van der Waals surface area contributed by atoms with Crippen molar-refractivity contribution in [3.8, 4) is 0 Å². The summed E-state index contributed by atoms with van der Waals surface area (Å²) in [6, 6.07) is 8.94. The van der Waals surface area contributed by atoms with Crippen LogP contribution >= 0.6 is 11.6 Å². The highest BCUT2D eigenvalue weighted by molar-refractivity contribution is 6.30. The van der Waals surface area contributed by atoms with E-state index in [-0.39, 0.29) is 12.1 Å². The quantitative estimate of drug-likeness (QED) is 0.927. The molecule has 1 fully saturated rings. The third-order valence-electron chi connectivity index (χ3n) is 4.30. The molecule has 1 aliphatic heterocycles. The van der Waals surface area contributed by atoms with Gasteiger partial charge in [-0.15, -0.1) is 0 Å². The van der Waals surface area contributed by atoms with Gasteiger partial charge in [-0.25, -0.2) is 0 Å². The standard InChI is InChI=1S/C16H26ClN3/c1-12(18)16(13-6-4-7-14(17)10-13)20(3)15-8-5-9-19(2)11-15/h4,6-7,10,12,15-16H,5,8-9,11,18H2,1-3H3. The van der Waals surface area contributed by atoms with Crippen molar-refractivity contribution in [1.82, 2.24) is 9.80 Å². The lowest BCUT2D eigenvalue weighted by Gasteiger charge is -2.41. The minimum absolute atomic E-state index is 0.0747. The second kappa shape index (κ2) is 6.90. The molecule has 20 heavy (non-hydrogen) atoms. The molecule has 112 valence electrons. The summed E-state index contributed by atoms with van der Waals surface area (Å²) in [4.78, 5) is 4.84. The monoisotopic (exact) mass is 295 g/mol. The number of halogens is 1. The van der Waals surface area contributed by atoms with E-state index in [2.05, 4.69) is 36.9 Å². The second-order valence-corrected chi connectivity index (χ2v) is 6.52. The Balaban J connectivity index is 2.19. The fraction of sp³-hybridized carbons (Fsp3) is 0.625. The molecule has 1 saturated heterocycles. The molecule has 0 radical (unpaired) electrons. The number of likely N-dealkylation sites (N-methyl/N-ethyl adjacent to an activating group) is 2. The van der Waals surface area contributed by atoms with Crippen LogP contribution in [0.3, 0.4) is 0 Å². The van der Waals surface area contributed by atoms with Crippen LogP contribution in [0.5, 0.6) is 0 Å². The van der Waals surface area contributed by atoms with Crippen molar-refractivity contribution in [2.24, 2.45) is 5.73 Å². The molecule has 0 amide bonds. The highest BCUT2D eigenvalue weighted by atomic mass is 35.5. The zero-order valence-corrected chi connectivity index (χ0v) is 13.5. The summed E-state index contributed by atoms with van der Waals surface area (Å²) in [5.74, 6) is 0. The normalized spacial score (nSPS) is 23.8. The number of piperidine rings is 1. The van der Waals surface area contributed by atoms with Gasteiger partial charge in [-0.2, -0.15) is 0 Å². The van der Waals surface area contributed by atoms with E-state index in [1.54, 1.807) is 0 Å². The predicted molar refractivity (Wildman–Crippen MR) is 86.1 cm³/mol. The SMILES string of the molecule is CC(N)C(c1cccc(Cl)c1)N(C)C1CCCN(C)C1. The third-order valence-corrected chi connectivity index (χ3v) is 4.54. The first-order valence-electron chi connectivity index (χ1n) is 7.40. The highest BCUT2D eigenvalue weighted by Crippen LogP contribution is 2.28. The summed E-state index contributed by atoms with van der Waals surface area (Å²) in [5.41, 5.74) is 7.47. The molecule has 0 bridgehead atoms. The average Bonchev–Trinajstić information content (AvgIpc) is 2.38. The van der Waals surface area contributed by atoms with Gasteiger partial charge in [0.2, 0.25) is 0 Å². The lowest BCUT2D eigenvalue weighted by Crippen LogP contribution is -2.49. The largest absolute Gasteiger partial charge is 0.326 e. The molecule has 1 heterocycles. The number of nitrogens with zero attached hydrogens (tertiary/aromatic N) is 2. The molecule has 1 aromatic carbocycles. The van der Waals surface area contributed by atoms with Crippen molar-refractivity contribution in [2.75, 3.05) is 27.2 Å². The van der Waals surface area contributed by atoms with Crippen molar-refractivity contribution >= 4 is 11.6 Å². The first-order chi connectivity index (χ1) is 9.49. The predicted octanol–water partition coefficient (Wildman–Crippen LogP) is 2.75. The third kappa shape index (κ3) is 3.73. The Morgan fingerprint density at radius 3 is 2.80 bits per heavy atom. The van der Waals surface area contributed by atoms with Gasteiger partial charge in [0.1, 0.15) is 0 Å². The smallest absolute Gasteiger partial charge is 0.0497 e. The molecule has 2 rings (SSSR count). The molecule has 4 heteroatoms. The van der Waals surface area contributed by atoms with Crippen molar-refractivity contribution < 1.29 is 0 Å². The summed E-state index contributed by atoms with van der Waals surface area (Å²) >= 11 is 6.14. The number of hydrogen-bond acceptors (Lipinski definition) is 3. The average molecular weight is 296 g/mol. The molecule has 0 aromatic heterocycles. The van der Waals surface area contributed by atoms with Crippen molar-refractivity contribution in [2.45, 2.75) is 37.9 Å². The van der Waals surface area contributed by atoms with Crippen LogP contribution in [0, 0.1) is 0 Å². The van der Waals surface area contributed by atoms with E-state index in [0.29, 0.717) is 6.04 Å². The minimum Gasteiger partial charge on any atom is -0.326 e. The molecule has 0 aliphatic carbocycles. The minimum atomic E-state index is 0.0747. The topological polar surface area (TPSA) is 32.5 Å². The van der Waals surface area contributed by atoms with Crippen LogP contribution in [0.25, 0.3) is 0 Å². The van der Waals surface area contributed by atoms with Crippen molar-refractivity contribution in [3.05, 3.63) is 34.9 Å². The van der Waals surface area contributed by atoms with Gasteiger partial charge in [0.05, 0.1) is 0 Å². The Labute approximate surface area is 127 Å². The van der Waals surface area contributed by atoms with Gasteiger partial charge in [-0.05, 0) is 58.1 Å². The van der Waals surface area contributed by atoms with E-state index >= 15 is 0 Å². The number of hydrogen-bond donors (Lipinski definition) is 1. The highest BCUT2D eigenvalue weighted by Gasteiger charge is 2.29. The molecule has 3 atom stereocenters. The Morgan fingerprint density at radius 1 is 1.45 bits per heavy atom. The van der Waals surface area contributed by atoms with E-state index in [1.807, 2.05) is 18.2 Å². The van der Waals surface area contributed by atoms with Crippen molar-refractivity contribution in [3.63, 3.8) is 0 Å². The number of likely N-dealkylation sites (tertiary alicyclic amines) is 1. The second-order valence-electron chi connectivity index (χ2n) is 6.08. The zero-order valence-electron chi connectivity index (χ0n) is 12.7. The van der Waals surface area contributed by atoms with E-state index in [4.69, 9.17) is 17.3 Å². The summed E-state index contributed by atoms with van der Waals surface area (Å²) in [7, 11) is 4.39. The van der Waals surface area contributed by atoms with E-state index in [1.165, 1.54) is 24.9 Å². The molecular formula is C16H26ClN3. The molecule has 1 aliphatic rings. The summed E-state index contributed by atoms with van der Waals surface area (Å²) in [5, 5.41) is 0.780. The molecule has 0 saturated carbocycles. The van der Waals surface area contributed by atoms with Gasteiger partial charge < -0.3 is 10.6 Å². The van der Waals surface area contributed by atoms with Gasteiger partial charge in [0.15, 0.2) is 0 Å². The van der Waals surface area contributed by atoms with Gasteiger partial charge in [0.25, 0.3) is 0 Å². The van der Waals surface area contributed by atoms with E-state index in [9.17, 15) is 0 Å². The molecular weight excluding hydrogens is 270 g/mol. The number of nitrogens with two attached hydrogens (primary N) is 1. The molecule has 3 unspecified atom stereocenters. The van der Waals surface area contributed by atoms with Crippen LogP contribution in [-0.2, 0) is 0 Å². The van der Waals surface area contributed by atoms with Gasteiger partial charge in [-0.1, -0.05) is 23.7 Å². The molecule has 3 nitrogen and oxygen atoms in total. The van der Waals surface area contributed by atoms with Crippen molar-refractivity contribution in [1.29, 1.82) is 0 Å². The van der Waals surface area contributed by atoms with Crippen LogP contribution in [0.15, 0.2) is 24.3 Å². The fourth-order valence-electron chi connectivity index (χ4n) is 3.30. The lowest BCUT2D eigenvalue weighted by atomic mass is 9.95. The first kappa shape index (κ1) is 15.8. The van der Waals surface area contributed by atoms with Crippen LogP contribution in [0.2, 0.25) is 5.02 Å². The number of rotatable bonds is 4. The summed E-state index contributed by atoms with van der Waals surface area (Å²) < 4.78 is 0. The van der Waals surface area contributed by atoms with Crippen LogP contribution in [0.1, 0.15) is 31.4 Å². The Kier molecular flexibility index (Phi) is 5.44. The van der Waals surface area contributed by atoms with Gasteiger partial charge in [-0.3, -0.25) is 4.90 Å². The zero-order chi connectivity index (χ0) is 14.7. The lowest BCUT2D eigenvalue weighted by molar-refractivity contribution is 0.0893. The Bertz CT molecular complexity index is 435. The summed E-state index contributed by atoms with van der Waals surface area (Å²) in [6.07, 6.45) is 2.50. The molecule has 1 aromatic rings. The Hall–Kier alpha value is -0.610. The Morgan fingerprint density at radius 2 is 2.20 bits per heavy atom. The first-order valence-corrected chi connectivity index (χ1v) is 7.78. The maximum absolute atomic E-state index is 6.26.